The summed E-state index contributed by atoms with van der Waals surface area (Å²) in [6, 6.07) is 4.28. The molecule has 124 valence electrons. The summed E-state index contributed by atoms with van der Waals surface area (Å²) in [6.45, 7) is 2.90. The van der Waals surface area contributed by atoms with Gasteiger partial charge in [0, 0.05) is 25.8 Å². The molecule has 0 unspecified atom stereocenters. The quantitative estimate of drug-likeness (QED) is 0.652. The number of hydrogen-bond donors (Lipinski definition) is 2. The van der Waals surface area contributed by atoms with Gasteiger partial charge in [-0.3, -0.25) is 4.79 Å². The lowest BCUT2D eigenvalue weighted by atomic mass is 10.2. The molecule has 0 bridgehead atoms. The zero-order valence-electron chi connectivity index (χ0n) is 13.0. The van der Waals surface area contributed by atoms with Gasteiger partial charge < -0.3 is 14.8 Å². The molecule has 0 aromatic heterocycles. The van der Waals surface area contributed by atoms with Crippen molar-refractivity contribution in [3.63, 3.8) is 0 Å². The minimum absolute atomic E-state index is 0.0529. The van der Waals surface area contributed by atoms with E-state index in [1.54, 1.807) is 0 Å². The number of amides is 1. The van der Waals surface area contributed by atoms with Crippen molar-refractivity contribution >= 4 is 15.9 Å². The lowest BCUT2D eigenvalue weighted by molar-refractivity contribution is 0.0937. The Labute approximate surface area is 131 Å². The molecule has 0 radical (unpaired) electrons. The standard InChI is InChI=1S/C14H22N2O5S/c1-4-7-16-22(18,19)13-10-11(5-6-12(13)21-3)14(17)15-8-9-20-2/h5-6,10,16H,4,7-9H2,1-3H3,(H,15,17). The van der Waals surface area contributed by atoms with Crippen molar-refractivity contribution in [1.29, 1.82) is 0 Å². The predicted molar refractivity (Wildman–Crippen MR) is 82.7 cm³/mol. The number of sulfonamides is 1. The van der Waals surface area contributed by atoms with Crippen molar-refractivity contribution in [2.75, 3.05) is 33.9 Å². The molecule has 0 heterocycles. The van der Waals surface area contributed by atoms with Crippen molar-refractivity contribution in [1.82, 2.24) is 10.0 Å². The van der Waals surface area contributed by atoms with Crippen LogP contribution in [0.15, 0.2) is 23.1 Å². The van der Waals surface area contributed by atoms with Crippen LogP contribution in [0.2, 0.25) is 0 Å². The highest BCUT2D eigenvalue weighted by molar-refractivity contribution is 7.89. The Morgan fingerprint density at radius 2 is 1.95 bits per heavy atom. The SMILES string of the molecule is CCCNS(=O)(=O)c1cc(C(=O)NCCOC)ccc1OC. The summed E-state index contributed by atoms with van der Waals surface area (Å²) in [5.41, 5.74) is 0.244. The summed E-state index contributed by atoms with van der Waals surface area (Å²) in [4.78, 5) is 11.9. The Morgan fingerprint density at radius 1 is 1.23 bits per heavy atom. The summed E-state index contributed by atoms with van der Waals surface area (Å²) >= 11 is 0. The topological polar surface area (TPSA) is 93.7 Å². The highest BCUT2D eigenvalue weighted by Crippen LogP contribution is 2.24. The molecule has 22 heavy (non-hydrogen) atoms. The molecule has 0 aliphatic rings. The molecule has 0 saturated heterocycles. The van der Waals surface area contributed by atoms with Gasteiger partial charge in [0.1, 0.15) is 10.6 Å². The molecule has 2 N–H and O–H groups in total. The largest absolute Gasteiger partial charge is 0.495 e. The monoisotopic (exact) mass is 330 g/mol. The average molecular weight is 330 g/mol. The van der Waals surface area contributed by atoms with Crippen LogP contribution in [0.5, 0.6) is 5.75 Å². The van der Waals surface area contributed by atoms with Crippen LogP contribution >= 0.6 is 0 Å². The normalized spacial score (nSPS) is 11.2. The first-order chi connectivity index (χ1) is 10.5. The van der Waals surface area contributed by atoms with E-state index >= 15 is 0 Å². The van der Waals surface area contributed by atoms with Crippen molar-refractivity contribution in [3.8, 4) is 5.75 Å². The zero-order valence-corrected chi connectivity index (χ0v) is 13.8. The number of benzene rings is 1. The highest BCUT2D eigenvalue weighted by Gasteiger charge is 2.21. The number of hydrogen-bond acceptors (Lipinski definition) is 5. The Bertz CT molecular complexity index is 601. The summed E-state index contributed by atoms with van der Waals surface area (Å²) in [5, 5.41) is 2.64. The van der Waals surface area contributed by atoms with Crippen molar-refractivity contribution in [2.24, 2.45) is 0 Å². The third-order valence-electron chi connectivity index (χ3n) is 2.85. The second-order valence-corrected chi connectivity index (χ2v) is 6.25. The van der Waals surface area contributed by atoms with Crippen LogP contribution in [0.1, 0.15) is 23.7 Å². The average Bonchev–Trinajstić information content (AvgIpc) is 2.52. The van der Waals surface area contributed by atoms with Gasteiger partial charge in [0.05, 0.1) is 13.7 Å². The van der Waals surface area contributed by atoms with E-state index in [1.807, 2.05) is 6.92 Å². The van der Waals surface area contributed by atoms with Gasteiger partial charge in [-0.1, -0.05) is 6.92 Å². The molecule has 0 saturated carbocycles. The molecule has 0 aliphatic heterocycles. The Kier molecular flexibility index (Phi) is 7.30. The number of nitrogens with one attached hydrogen (secondary N) is 2. The van der Waals surface area contributed by atoms with Crippen LogP contribution in [-0.2, 0) is 14.8 Å². The lowest BCUT2D eigenvalue weighted by Crippen LogP contribution is -2.28. The van der Waals surface area contributed by atoms with Gasteiger partial charge >= 0.3 is 0 Å². The molecule has 0 fully saturated rings. The smallest absolute Gasteiger partial charge is 0.251 e. The number of methoxy groups -OCH3 is 2. The second kappa shape index (κ2) is 8.72. The van der Waals surface area contributed by atoms with E-state index in [-0.39, 0.29) is 22.1 Å². The molecule has 1 aromatic carbocycles. The van der Waals surface area contributed by atoms with Crippen molar-refractivity contribution in [2.45, 2.75) is 18.2 Å². The van der Waals surface area contributed by atoms with E-state index < -0.39 is 10.0 Å². The van der Waals surface area contributed by atoms with Crippen LogP contribution in [0, 0.1) is 0 Å². The first-order valence-corrected chi connectivity index (χ1v) is 8.39. The maximum absolute atomic E-state index is 12.3. The van der Waals surface area contributed by atoms with Gasteiger partial charge in [-0.15, -0.1) is 0 Å². The number of rotatable bonds is 9. The van der Waals surface area contributed by atoms with E-state index in [9.17, 15) is 13.2 Å². The molecular weight excluding hydrogens is 308 g/mol. The minimum Gasteiger partial charge on any atom is -0.495 e. The van der Waals surface area contributed by atoms with Gasteiger partial charge in [0.25, 0.3) is 5.91 Å². The molecule has 0 spiro atoms. The van der Waals surface area contributed by atoms with Crippen molar-refractivity contribution in [3.05, 3.63) is 23.8 Å². The predicted octanol–water partition coefficient (Wildman–Crippen LogP) is 0.760. The Balaban J connectivity index is 3.05. The third-order valence-corrected chi connectivity index (χ3v) is 4.33. The van der Waals surface area contributed by atoms with Crippen LogP contribution < -0.4 is 14.8 Å². The van der Waals surface area contributed by atoms with Gasteiger partial charge in [-0.05, 0) is 24.6 Å². The molecule has 7 nitrogen and oxygen atoms in total. The van der Waals surface area contributed by atoms with Crippen LogP contribution in [0.25, 0.3) is 0 Å². The minimum atomic E-state index is -3.73. The summed E-state index contributed by atoms with van der Waals surface area (Å²) in [7, 11) is -0.813. The fraction of sp³-hybridized carbons (Fsp3) is 0.500. The molecule has 8 heteroatoms. The second-order valence-electron chi connectivity index (χ2n) is 4.51. The van der Waals surface area contributed by atoms with Crippen LogP contribution in [0.4, 0.5) is 0 Å². The molecule has 0 atom stereocenters. The molecule has 0 aliphatic carbocycles. The van der Waals surface area contributed by atoms with E-state index in [1.165, 1.54) is 32.4 Å². The number of ether oxygens (including phenoxy) is 2. The van der Waals surface area contributed by atoms with Gasteiger partial charge in [-0.25, -0.2) is 13.1 Å². The molecule has 1 amide bonds. The van der Waals surface area contributed by atoms with E-state index in [2.05, 4.69) is 10.0 Å². The Morgan fingerprint density at radius 3 is 2.55 bits per heavy atom. The number of carbonyl (C=O) groups is 1. The summed E-state index contributed by atoms with van der Waals surface area (Å²) < 4.78 is 36.9. The highest BCUT2D eigenvalue weighted by atomic mass is 32.2. The number of carbonyl (C=O) groups excluding carboxylic acids is 1. The Hall–Kier alpha value is -1.64. The first-order valence-electron chi connectivity index (χ1n) is 6.91. The van der Waals surface area contributed by atoms with Crippen LogP contribution in [-0.4, -0.2) is 48.2 Å². The van der Waals surface area contributed by atoms with E-state index in [0.717, 1.165) is 0 Å². The maximum Gasteiger partial charge on any atom is 0.251 e. The first kappa shape index (κ1) is 18.4. The summed E-state index contributed by atoms with van der Waals surface area (Å²) in [6.07, 6.45) is 0.665. The molecule has 1 rings (SSSR count). The molecular formula is C14H22N2O5S. The van der Waals surface area contributed by atoms with Crippen LogP contribution in [0.3, 0.4) is 0 Å². The lowest BCUT2D eigenvalue weighted by Gasteiger charge is -2.12. The molecule has 1 aromatic rings. The fourth-order valence-corrected chi connectivity index (χ4v) is 3.04. The maximum atomic E-state index is 12.3. The van der Waals surface area contributed by atoms with Crippen molar-refractivity contribution < 1.29 is 22.7 Å². The van der Waals surface area contributed by atoms with Gasteiger partial charge in [0.2, 0.25) is 10.0 Å². The van der Waals surface area contributed by atoms with Gasteiger partial charge in [-0.2, -0.15) is 0 Å². The zero-order chi connectivity index (χ0) is 16.6. The van der Waals surface area contributed by atoms with E-state index in [0.29, 0.717) is 26.1 Å². The van der Waals surface area contributed by atoms with Gasteiger partial charge in [0.15, 0.2) is 0 Å². The third kappa shape index (κ3) is 4.97. The van der Waals surface area contributed by atoms with E-state index in [4.69, 9.17) is 9.47 Å². The fourth-order valence-electron chi connectivity index (χ4n) is 1.71. The summed E-state index contributed by atoms with van der Waals surface area (Å²) in [5.74, 6) is -0.177.